The number of nitrogens with zero attached hydrogens (tertiary/aromatic N) is 1. The fourth-order valence-electron chi connectivity index (χ4n) is 1.97. The lowest BCUT2D eigenvalue weighted by molar-refractivity contribution is -0.141. The summed E-state index contributed by atoms with van der Waals surface area (Å²) in [6.45, 7) is -1.38. The Hall–Kier alpha value is -3.09. The second-order valence-corrected chi connectivity index (χ2v) is 6.76. The van der Waals surface area contributed by atoms with Crippen LogP contribution < -0.4 is 4.72 Å². The number of carbonyl (C=O) groups excluding carboxylic acids is 2. The Balaban J connectivity index is 1.92. The predicted octanol–water partition coefficient (Wildman–Crippen LogP) is 1.40. The summed E-state index contributed by atoms with van der Waals surface area (Å²) in [6, 6.07) is 12.1. The quantitative estimate of drug-likeness (QED) is 0.577. The van der Waals surface area contributed by atoms with E-state index in [0.29, 0.717) is 0 Å². The van der Waals surface area contributed by atoms with Gasteiger partial charge in [-0.15, -0.1) is 0 Å². The molecule has 0 aliphatic rings. The number of ether oxygens (including phenoxy) is 1. The second-order valence-electron chi connectivity index (χ2n) is 5.03. The van der Waals surface area contributed by atoms with E-state index in [-0.39, 0.29) is 16.0 Å². The molecule has 0 saturated heterocycles. The summed E-state index contributed by atoms with van der Waals surface area (Å²) in [5, 5.41) is 8.93. The van der Waals surface area contributed by atoms with Gasteiger partial charge in [0.2, 0.25) is 10.0 Å². The maximum atomic E-state index is 13.0. The third-order valence-electron chi connectivity index (χ3n) is 3.21. The summed E-state index contributed by atoms with van der Waals surface area (Å²) in [7, 11) is -4.10. The zero-order valence-electron chi connectivity index (χ0n) is 13.3. The lowest BCUT2D eigenvalue weighted by Crippen LogP contribution is -2.32. The molecule has 2 rings (SSSR count). The minimum Gasteiger partial charge on any atom is -0.456 e. The number of nitrogens with one attached hydrogen (secondary N) is 1. The van der Waals surface area contributed by atoms with Crippen molar-refractivity contribution in [2.24, 2.45) is 0 Å². The van der Waals surface area contributed by atoms with Gasteiger partial charge in [0, 0.05) is 5.56 Å². The smallest absolute Gasteiger partial charge is 0.321 e. The van der Waals surface area contributed by atoms with Crippen molar-refractivity contribution in [2.75, 3.05) is 13.2 Å². The number of nitriles is 1. The van der Waals surface area contributed by atoms with Crippen LogP contribution in [0.1, 0.15) is 15.9 Å². The van der Waals surface area contributed by atoms with E-state index in [2.05, 4.69) is 4.74 Å². The Morgan fingerprint density at radius 3 is 2.58 bits per heavy atom. The molecule has 1 N–H and O–H groups in total. The maximum absolute atomic E-state index is 13.0. The molecular weight excluding hydrogens is 363 g/mol. The largest absolute Gasteiger partial charge is 0.456 e. The topological polar surface area (TPSA) is 113 Å². The van der Waals surface area contributed by atoms with Gasteiger partial charge in [-0.1, -0.05) is 24.3 Å². The van der Waals surface area contributed by atoms with Gasteiger partial charge >= 0.3 is 5.97 Å². The van der Waals surface area contributed by atoms with Crippen molar-refractivity contribution in [2.45, 2.75) is 4.90 Å². The molecule has 0 spiro atoms. The van der Waals surface area contributed by atoms with Crippen molar-refractivity contribution < 1.29 is 27.1 Å². The fraction of sp³-hybridized carbons (Fsp3) is 0.118. The Morgan fingerprint density at radius 2 is 1.88 bits per heavy atom. The van der Waals surface area contributed by atoms with E-state index in [9.17, 15) is 22.4 Å². The summed E-state index contributed by atoms with van der Waals surface area (Å²) in [5.74, 6) is -2.23. The fourth-order valence-corrected chi connectivity index (χ4v) is 3.09. The Kier molecular flexibility index (Phi) is 6.16. The highest BCUT2D eigenvalue weighted by molar-refractivity contribution is 7.89. The first-order valence-corrected chi connectivity index (χ1v) is 8.75. The molecule has 26 heavy (non-hydrogen) atoms. The van der Waals surface area contributed by atoms with Crippen LogP contribution in [0.3, 0.4) is 0 Å². The number of benzene rings is 2. The van der Waals surface area contributed by atoms with Crippen molar-refractivity contribution in [3.63, 3.8) is 0 Å². The number of hydrogen-bond donors (Lipinski definition) is 1. The highest BCUT2D eigenvalue weighted by atomic mass is 32.2. The first kappa shape index (κ1) is 19.2. The van der Waals surface area contributed by atoms with Crippen LogP contribution >= 0.6 is 0 Å². The summed E-state index contributed by atoms with van der Waals surface area (Å²) in [4.78, 5) is 23.2. The van der Waals surface area contributed by atoms with Crippen molar-refractivity contribution in [1.82, 2.24) is 4.72 Å². The van der Waals surface area contributed by atoms with Gasteiger partial charge in [0.25, 0.3) is 0 Å². The number of ketones is 1. The molecule has 0 fully saturated rings. The average molecular weight is 376 g/mol. The van der Waals surface area contributed by atoms with Crippen LogP contribution in [0.15, 0.2) is 53.4 Å². The molecule has 9 heteroatoms. The number of halogens is 1. The van der Waals surface area contributed by atoms with Gasteiger partial charge in [0.1, 0.15) is 18.4 Å². The van der Waals surface area contributed by atoms with E-state index in [1.54, 1.807) is 6.07 Å². The van der Waals surface area contributed by atoms with E-state index in [0.717, 1.165) is 12.1 Å². The molecule has 0 amide bonds. The minimum atomic E-state index is -4.10. The lowest BCUT2D eigenvalue weighted by Gasteiger charge is -2.08. The molecule has 0 aliphatic carbocycles. The lowest BCUT2D eigenvalue weighted by atomic mass is 10.1. The molecule has 134 valence electrons. The minimum absolute atomic E-state index is 0.0290. The van der Waals surface area contributed by atoms with Crippen LogP contribution in [0.2, 0.25) is 0 Å². The monoisotopic (exact) mass is 376 g/mol. The molecule has 0 unspecified atom stereocenters. The van der Waals surface area contributed by atoms with Crippen LogP contribution in [0, 0.1) is 17.1 Å². The zero-order chi connectivity index (χ0) is 19.2. The van der Waals surface area contributed by atoms with Crippen molar-refractivity contribution in [3.8, 4) is 6.07 Å². The van der Waals surface area contributed by atoms with E-state index >= 15 is 0 Å². The van der Waals surface area contributed by atoms with Gasteiger partial charge in [-0.2, -0.15) is 9.98 Å². The molecule has 0 saturated carbocycles. The van der Waals surface area contributed by atoms with Crippen LogP contribution in [0.4, 0.5) is 4.39 Å². The van der Waals surface area contributed by atoms with Crippen molar-refractivity contribution in [1.29, 1.82) is 5.26 Å². The number of hydrogen-bond acceptors (Lipinski definition) is 6. The molecule has 2 aromatic carbocycles. The molecule has 2 aromatic rings. The number of esters is 1. The summed E-state index contributed by atoms with van der Waals surface area (Å²) in [6.07, 6.45) is 0. The summed E-state index contributed by atoms with van der Waals surface area (Å²) >= 11 is 0. The van der Waals surface area contributed by atoms with E-state index in [1.165, 1.54) is 36.4 Å². The standard InChI is InChI=1S/C17H13FN2O5S/c18-14-6-3-5-12(8-14)15(21)11-25-17(22)10-20-26(23,24)16-7-2-1-4-13(16)9-19/h1-8,20H,10-11H2. The van der Waals surface area contributed by atoms with Crippen LogP contribution in [-0.2, 0) is 19.6 Å². The van der Waals surface area contributed by atoms with Gasteiger partial charge in [-0.25, -0.2) is 12.8 Å². The number of carbonyl (C=O) groups is 2. The number of Topliss-reactive ketones (excluding diaryl/α,β-unsaturated/α-hetero) is 1. The van der Waals surface area contributed by atoms with Gasteiger partial charge in [0.15, 0.2) is 12.4 Å². The molecular formula is C17H13FN2O5S. The van der Waals surface area contributed by atoms with Crippen LogP contribution in [0.5, 0.6) is 0 Å². The molecule has 7 nitrogen and oxygen atoms in total. The molecule has 0 atom stereocenters. The normalized spacial score (nSPS) is 10.8. The summed E-state index contributed by atoms with van der Waals surface area (Å²) in [5.41, 5.74) is -0.0454. The molecule has 0 aliphatic heterocycles. The van der Waals surface area contributed by atoms with Crippen molar-refractivity contribution >= 4 is 21.8 Å². The van der Waals surface area contributed by atoms with Crippen molar-refractivity contribution in [3.05, 3.63) is 65.5 Å². The third kappa shape index (κ3) is 4.95. The Labute approximate surface area is 149 Å². The second kappa shape index (κ2) is 8.33. The zero-order valence-corrected chi connectivity index (χ0v) is 14.1. The van der Waals surface area contributed by atoms with Crippen LogP contribution in [0.25, 0.3) is 0 Å². The number of sulfonamides is 1. The van der Waals surface area contributed by atoms with Gasteiger partial charge in [0.05, 0.1) is 10.5 Å². The first-order chi connectivity index (χ1) is 12.3. The van der Waals surface area contributed by atoms with E-state index < -0.39 is 40.7 Å². The molecule has 0 heterocycles. The Bertz CT molecular complexity index is 983. The Morgan fingerprint density at radius 1 is 1.15 bits per heavy atom. The SMILES string of the molecule is N#Cc1ccccc1S(=O)(=O)NCC(=O)OCC(=O)c1cccc(F)c1. The highest BCUT2D eigenvalue weighted by Crippen LogP contribution is 2.13. The maximum Gasteiger partial charge on any atom is 0.321 e. The predicted molar refractivity (Wildman–Crippen MR) is 88.0 cm³/mol. The number of rotatable bonds is 7. The average Bonchev–Trinajstić information content (AvgIpc) is 2.64. The summed E-state index contributed by atoms with van der Waals surface area (Å²) < 4.78 is 44.0. The van der Waals surface area contributed by atoms with Gasteiger partial charge in [-0.3, -0.25) is 9.59 Å². The van der Waals surface area contributed by atoms with Crippen LogP contribution in [-0.4, -0.2) is 33.3 Å². The van der Waals surface area contributed by atoms with Gasteiger partial charge < -0.3 is 4.74 Å². The van der Waals surface area contributed by atoms with Gasteiger partial charge in [-0.05, 0) is 24.3 Å². The molecule has 0 radical (unpaired) electrons. The highest BCUT2D eigenvalue weighted by Gasteiger charge is 2.20. The molecule has 0 aromatic heterocycles. The van der Waals surface area contributed by atoms with E-state index in [1.807, 2.05) is 4.72 Å². The first-order valence-electron chi connectivity index (χ1n) is 7.26. The molecule has 0 bridgehead atoms. The van der Waals surface area contributed by atoms with E-state index in [4.69, 9.17) is 5.26 Å². The third-order valence-corrected chi connectivity index (χ3v) is 4.67.